The smallest absolute Gasteiger partial charge is 0.355 e. The summed E-state index contributed by atoms with van der Waals surface area (Å²) >= 11 is -1.64. The molecule has 0 saturated carbocycles. The molecule has 0 aromatic heterocycles. The van der Waals surface area contributed by atoms with Crippen LogP contribution in [0.15, 0.2) is 0 Å². The van der Waals surface area contributed by atoms with Gasteiger partial charge in [-0.3, -0.25) is 4.79 Å². The van der Waals surface area contributed by atoms with Crippen LogP contribution < -0.4 is 34.9 Å². The van der Waals surface area contributed by atoms with Gasteiger partial charge < -0.3 is 9.87 Å². The van der Waals surface area contributed by atoms with Gasteiger partial charge in [0.1, 0.15) is 0 Å². The fraction of sp³-hybridized carbons (Fsp3) is 0.875. The van der Waals surface area contributed by atoms with Crippen LogP contribution in [-0.4, -0.2) is 38.5 Å². The van der Waals surface area contributed by atoms with Crippen molar-refractivity contribution in [2.75, 3.05) is 23.8 Å². The minimum Gasteiger partial charge on any atom is -0.355 e. The molecule has 2 N–H and O–H groups in total. The van der Waals surface area contributed by atoms with Crippen LogP contribution in [0, 0.1) is 0 Å². The molecule has 0 rings (SSSR count). The molecule has 1 amide bonds. The molecular weight excluding hydrogens is 277 g/mol. The van der Waals surface area contributed by atoms with E-state index in [1.165, 1.54) is 6.92 Å². The van der Waals surface area contributed by atoms with E-state index in [0.29, 0.717) is 12.3 Å². The van der Waals surface area contributed by atoms with Gasteiger partial charge in [0.2, 0.25) is 5.91 Å². The van der Waals surface area contributed by atoms with Gasteiger partial charge in [0.25, 0.3) is 0 Å². The molecule has 0 saturated heterocycles. The molecular formula is C8H17NNaO3S3+. The Labute approximate surface area is 129 Å². The van der Waals surface area contributed by atoms with E-state index in [1.807, 2.05) is 0 Å². The van der Waals surface area contributed by atoms with E-state index in [-0.39, 0.29) is 35.5 Å². The molecule has 0 aliphatic heterocycles. The van der Waals surface area contributed by atoms with Crippen LogP contribution >= 0.6 is 21.6 Å². The molecule has 1 unspecified atom stereocenters. The zero-order chi connectivity index (χ0) is 11.5. The van der Waals surface area contributed by atoms with Gasteiger partial charge >= 0.3 is 29.6 Å². The number of rotatable bonds is 9. The van der Waals surface area contributed by atoms with Crippen LogP contribution in [0.2, 0.25) is 0 Å². The molecule has 0 radical (unpaired) electrons. The second-order valence-corrected chi connectivity index (χ2v) is 6.61. The van der Waals surface area contributed by atoms with E-state index in [2.05, 4.69) is 5.32 Å². The van der Waals surface area contributed by atoms with Gasteiger partial charge in [-0.25, -0.2) is 4.21 Å². The second-order valence-electron chi connectivity index (χ2n) is 2.86. The Bertz CT molecular complexity index is 187. The van der Waals surface area contributed by atoms with Gasteiger partial charge in [-0.2, -0.15) is 0 Å². The van der Waals surface area contributed by atoms with E-state index < -0.39 is 11.1 Å². The number of unbranched alkanes of at least 4 members (excludes halogenated alkanes) is 1. The van der Waals surface area contributed by atoms with Gasteiger partial charge in [-0.15, -0.1) is 0 Å². The molecule has 4 nitrogen and oxygen atoms in total. The third kappa shape index (κ3) is 17.7. The largest absolute Gasteiger partial charge is 1.00 e. The standard InChI is InChI=1S/C8H17NO3S3.Na/c1-8(10)9-4-6-14-13-5-2-3-7-15(11)12;/h2-7H2,1H3,(H,9,10)(H,11,12);/q;+1. The Morgan fingerprint density at radius 2 is 1.94 bits per heavy atom. The zero-order valence-corrected chi connectivity index (χ0v) is 14.2. The number of hydrogen-bond acceptors (Lipinski definition) is 4. The molecule has 1 atom stereocenters. The minimum absolute atomic E-state index is 0. The summed E-state index contributed by atoms with van der Waals surface area (Å²) in [7, 11) is 3.46. The van der Waals surface area contributed by atoms with Crippen molar-refractivity contribution in [2.45, 2.75) is 19.8 Å². The summed E-state index contributed by atoms with van der Waals surface area (Å²) in [4.78, 5) is 10.5. The van der Waals surface area contributed by atoms with Crippen molar-refractivity contribution in [3.05, 3.63) is 0 Å². The fourth-order valence-electron chi connectivity index (χ4n) is 0.773. The second kappa shape index (κ2) is 14.3. The van der Waals surface area contributed by atoms with E-state index in [4.69, 9.17) is 4.55 Å². The predicted molar refractivity (Wildman–Crippen MR) is 68.5 cm³/mol. The quantitative estimate of drug-likeness (QED) is 0.235. The summed E-state index contributed by atoms with van der Waals surface area (Å²) in [6.07, 6.45) is 1.76. The summed E-state index contributed by atoms with van der Waals surface area (Å²) in [6.45, 7) is 2.21. The number of carbonyl (C=O) groups excluding carboxylic acids is 1. The van der Waals surface area contributed by atoms with Crippen LogP contribution in [-0.2, 0) is 15.9 Å². The Hall–Kier alpha value is 1.28. The summed E-state index contributed by atoms with van der Waals surface area (Å²) in [5.41, 5.74) is 0. The van der Waals surface area contributed by atoms with Crippen LogP contribution in [0.1, 0.15) is 19.8 Å². The maximum absolute atomic E-state index is 10.5. The first-order valence-electron chi connectivity index (χ1n) is 4.69. The van der Waals surface area contributed by atoms with Crippen molar-refractivity contribution in [3.63, 3.8) is 0 Å². The van der Waals surface area contributed by atoms with Crippen molar-refractivity contribution < 1.29 is 43.1 Å². The molecule has 0 fully saturated rings. The van der Waals surface area contributed by atoms with E-state index in [0.717, 1.165) is 24.3 Å². The normalized spacial score (nSPS) is 11.6. The number of carbonyl (C=O) groups is 1. The third-order valence-electron chi connectivity index (χ3n) is 1.44. The molecule has 16 heavy (non-hydrogen) atoms. The van der Waals surface area contributed by atoms with E-state index >= 15 is 0 Å². The van der Waals surface area contributed by atoms with Crippen LogP contribution in [0.4, 0.5) is 0 Å². The first kappa shape index (κ1) is 19.6. The SMILES string of the molecule is CC(=O)NCCSSCCCCS(=O)O.[Na+]. The van der Waals surface area contributed by atoms with Gasteiger partial charge in [0, 0.05) is 30.7 Å². The molecule has 0 bridgehead atoms. The monoisotopic (exact) mass is 294 g/mol. The predicted octanol–water partition coefficient (Wildman–Crippen LogP) is -1.49. The average Bonchev–Trinajstić information content (AvgIpc) is 2.14. The number of hydrogen-bond donors (Lipinski definition) is 2. The van der Waals surface area contributed by atoms with Gasteiger partial charge in [0.05, 0.1) is 0 Å². The topological polar surface area (TPSA) is 66.4 Å². The zero-order valence-electron chi connectivity index (χ0n) is 9.73. The molecule has 0 aliphatic carbocycles. The van der Waals surface area contributed by atoms with Crippen molar-refractivity contribution in [2.24, 2.45) is 0 Å². The summed E-state index contributed by atoms with van der Waals surface area (Å²) in [5.74, 6) is 2.26. The molecule has 0 aliphatic rings. The van der Waals surface area contributed by atoms with Crippen molar-refractivity contribution in [1.29, 1.82) is 0 Å². The van der Waals surface area contributed by atoms with Crippen molar-refractivity contribution in [1.82, 2.24) is 5.32 Å². The van der Waals surface area contributed by atoms with E-state index in [9.17, 15) is 9.00 Å². The minimum atomic E-state index is -1.64. The number of amides is 1. The first-order chi connectivity index (χ1) is 7.13. The first-order valence-corrected chi connectivity index (χ1v) is 8.45. The fourth-order valence-corrected chi connectivity index (χ4v) is 3.28. The molecule has 0 heterocycles. The average molecular weight is 294 g/mol. The summed E-state index contributed by atoms with van der Waals surface area (Å²) in [6, 6.07) is 0. The molecule has 8 heteroatoms. The van der Waals surface area contributed by atoms with Gasteiger partial charge in [-0.1, -0.05) is 21.6 Å². The van der Waals surface area contributed by atoms with Crippen LogP contribution in [0.5, 0.6) is 0 Å². The maximum Gasteiger partial charge on any atom is 1.00 e. The van der Waals surface area contributed by atoms with E-state index in [1.54, 1.807) is 21.6 Å². The van der Waals surface area contributed by atoms with Gasteiger partial charge in [-0.05, 0) is 12.8 Å². The van der Waals surface area contributed by atoms with Crippen LogP contribution in [0.3, 0.4) is 0 Å². The number of nitrogens with one attached hydrogen (secondary N) is 1. The third-order valence-corrected chi connectivity index (χ3v) is 4.57. The summed E-state index contributed by atoms with van der Waals surface area (Å²) < 4.78 is 18.8. The van der Waals surface area contributed by atoms with Crippen LogP contribution in [0.25, 0.3) is 0 Å². The molecule has 0 spiro atoms. The Morgan fingerprint density at radius 3 is 2.50 bits per heavy atom. The molecule has 0 aromatic rings. The summed E-state index contributed by atoms with van der Waals surface area (Å²) in [5, 5.41) is 2.72. The Balaban J connectivity index is 0. The maximum atomic E-state index is 10.5. The molecule has 0 aromatic carbocycles. The Kier molecular flexibility index (Phi) is 17.6. The van der Waals surface area contributed by atoms with Crippen molar-refractivity contribution in [3.8, 4) is 0 Å². The Morgan fingerprint density at radius 1 is 1.31 bits per heavy atom. The van der Waals surface area contributed by atoms with Crippen molar-refractivity contribution >= 4 is 38.6 Å². The molecule has 90 valence electrons. The van der Waals surface area contributed by atoms with Gasteiger partial charge in [0.15, 0.2) is 11.1 Å².